The van der Waals surface area contributed by atoms with Gasteiger partial charge in [-0.25, -0.2) is 9.97 Å². The average Bonchev–Trinajstić information content (AvgIpc) is 3.37. The van der Waals surface area contributed by atoms with Crippen LogP contribution in [0.25, 0.3) is 49.9 Å². The molecule has 0 amide bonds. The molecule has 0 fully saturated rings. The third-order valence-electron chi connectivity index (χ3n) is 5.07. The van der Waals surface area contributed by atoms with Crippen molar-refractivity contribution < 1.29 is 4.42 Å². The van der Waals surface area contributed by atoms with Crippen LogP contribution in [0.4, 0.5) is 0 Å². The molecular weight excluding hydrogens is 348 g/mol. The molecule has 4 aromatic heterocycles. The third kappa shape index (κ3) is 2.10. The van der Waals surface area contributed by atoms with Crippen molar-refractivity contribution in [1.29, 1.82) is 0 Å². The lowest BCUT2D eigenvalue weighted by Crippen LogP contribution is -1.98. The molecule has 0 saturated heterocycles. The van der Waals surface area contributed by atoms with Gasteiger partial charge in [-0.15, -0.1) is 0 Å². The highest BCUT2D eigenvalue weighted by Gasteiger charge is 2.16. The first-order chi connectivity index (χ1) is 13.9. The van der Waals surface area contributed by atoms with E-state index in [1.807, 2.05) is 36.7 Å². The van der Waals surface area contributed by atoms with Gasteiger partial charge in [-0.1, -0.05) is 30.3 Å². The summed E-state index contributed by atoms with van der Waals surface area (Å²) in [6.45, 7) is 0. The highest BCUT2D eigenvalue weighted by atomic mass is 16.3. The number of pyridine rings is 1. The molecular formula is C23H14N4O. The van der Waals surface area contributed by atoms with Gasteiger partial charge in [-0.05, 0) is 24.3 Å². The third-order valence-corrected chi connectivity index (χ3v) is 5.07. The second kappa shape index (κ2) is 5.76. The van der Waals surface area contributed by atoms with Crippen LogP contribution in [0.2, 0.25) is 0 Å². The zero-order valence-electron chi connectivity index (χ0n) is 14.8. The largest absolute Gasteiger partial charge is 0.462 e. The van der Waals surface area contributed by atoms with Gasteiger partial charge in [0.05, 0.1) is 35.4 Å². The Morgan fingerprint density at radius 3 is 2.54 bits per heavy atom. The number of furan rings is 1. The topological polar surface area (TPSA) is 56.7 Å². The first kappa shape index (κ1) is 15.1. The smallest absolute Gasteiger partial charge is 0.160 e. The van der Waals surface area contributed by atoms with E-state index in [0.29, 0.717) is 5.82 Å². The van der Waals surface area contributed by atoms with Crippen molar-refractivity contribution >= 4 is 32.8 Å². The summed E-state index contributed by atoms with van der Waals surface area (Å²) in [5.74, 6) is 0.653. The summed E-state index contributed by atoms with van der Waals surface area (Å²) in [5.41, 5.74) is 4.78. The molecule has 0 aliphatic rings. The van der Waals surface area contributed by atoms with Gasteiger partial charge in [0.15, 0.2) is 11.4 Å². The molecule has 28 heavy (non-hydrogen) atoms. The van der Waals surface area contributed by atoms with Crippen LogP contribution in [0.15, 0.2) is 90.1 Å². The van der Waals surface area contributed by atoms with Crippen LogP contribution in [0.5, 0.6) is 0 Å². The second-order valence-corrected chi connectivity index (χ2v) is 6.66. The molecule has 4 heterocycles. The van der Waals surface area contributed by atoms with Crippen LogP contribution < -0.4 is 0 Å². The van der Waals surface area contributed by atoms with Crippen LogP contribution in [0, 0.1) is 0 Å². The van der Waals surface area contributed by atoms with E-state index in [1.54, 1.807) is 18.7 Å². The van der Waals surface area contributed by atoms with Gasteiger partial charge in [-0.2, -0.15) is 0 Å². The highest BCUT2D eigenvalue weighted by molar-refractivity contribution is 6.17. The molecule has 0 aliphatic heterocycles. The summed E-state index contributed by atoms with van der Waals surface area (Å²) in [6.07, 6.45) is 8.94. The molecule has 0 atom stereocenters. The van der Waals surface area contributed by atoms with Crippen molar-refractivity contribution in [1.82, 2.24) is 19.5 Å². The van der Waals surface area contributed by atoms with Gasteiger partial charge in [-0.3, -0.25) is 4.98 Å². The molecule has 0 N–H and O–H groups in total. The molecule has 0 unspecified atom stereocenters. The standard InChI is InChI=1S/C23H14N4O/c1-2-6-20-18(5-1)19-8-7-15-9-11-28-22(15)21(19)27(20)17-13-25-23(26-14-17)16-4-3-10-24-12-16/h1-14H. The predicted octanol–water partition coefficient (Wildman–Crippen LogP) is 5.38. The van der Waals surface area contributed by atoms with E-state index in [4.69, 9.17) is 4.42 Å². The van der Waals surface area contributed by atoms with Crippen molar-refractivity contribution in [2.45, 2.75) is 0 Å². The number of hydrogen-bond donors (Lipinski definition) is 0. The van der Waals surface area contributed by atoms with Gasteiger partial charge in [0.1, 0.15) is 0 Å². The van der Waals surface area contributed by atoms with Gasteiger partial charge in [0.2, 0.25) is 0 Å². The number of hydrogen-bond acceptors (Lipinski definition) is 4. The van der Waals surface area contributed by atoms with E-state index >= 15 is 0 Å². The Morgan fingerprint density at radius 1 is 0.786 bits per heavy atom. The fraction of sp³-hybridized carbons (Fsp3) is 0. The predicted molar refractivity (Wildman–Crippen MR) is 109 cm³/mol. The fourth-order valence-electron chi connectivity index (χ4n) is 3.82. The van der Waals surface area contributed by atoms with Gasteiger partial charge in [0.25, 0.3) is 0 Å². The molecule has 0 spiro atoms. The summed E-state index contributed by atoms with van der Waals surface area (Å²) in [4.78, 5) is 13.3. The second-order valence-electron chi connectivity index (χ2n) is 6.66. The molecule has 0 saturated carbocycles. The Labute approximate surface area is 159 Å². The van der Waals surface area contributed by atoms with Crippen molar-refractivity contribution in [3.05, 3.63) is 85.6 Å². The molecule has 5 nitrogen and oxygen atoms in total. The van der Waals surface area contributed by atoms with E-state index in [1.165, 1.54) is 5.39 Å². The maximum Gasteiger partial charge on any atom is 0.160 e. The van der Waals surface area contributed by atoms with E-state index in [0.717, 1.165) is 38.6 Å². The molecule has 0 radical (unpaired) electrons. The molecule has 132 valence electrons. The summed E-state index contributed by atoms with van der Waals surface area (Å²) in [7, 11) is 0. The number of benzene rings is 2. The minimum atomic E-state index is 0.653. The molecule has 0 aliphatic carbocycles. The lowest BCUT2D eigenvalue weighted by Gasteiger charge is -2.08. The Bertz CT molecular complexity index is 1450. The zero-order valence-corrected chi connectivity index (χ0v) is 14.8. The Kier molecular flexibility index (Phi) is 3.10. The van der Waals surface area contributed by atoms with Crippen LogP contribution >= 0.6 is 0 Å². The van der Waals surface area contributed by atoms with E-state index in [-0.39, 0.29) is 0 Å². The van der Waals surface area contributed by atoms with Crippen molar-refractivity contribution in [3.8, 4) is 17.1 Å². The highest BCUT2D eigenvalue weighted by Crippen LogP contribution is 2.36. The van der Waals surface area contributed by atoms with Crippen LogP contribution in [0.3, 0.4) is 0 Å². The maximum atomic E-state index is 5.85. The lowest BCUT2D eigenvalue weighted by molar-refractivity contribution is 0.618. The van der Waals surface area contributed by atoms with Crippen LogP contribution in [-0.2, 0) is 0 Å². The van der Waals surface area contributed by atoms with Gasteiger partial charge >= 0.3 is 0 Å². The Morgan fingerprint density at radius 2 is 1.68 bits per heavy atom. The van der Waals surface area contributed by atoms with E-state index < -0.39 is 0 Å². The molecule has 6 aromatic rings. The monoisotopic (exact) mass is 362 g/mol. The lowest BCUT2D eigenvalue weighted by atomic mass is 10.1. The molecule has 5 heteroatoms. The summed E-state index contributed by atoms with van der Waals surface area (Å²) in [5, 5.41) is 3.39. The Balaban J connectivity index is 1.66. The normalized spacial score (nSPS) is 11.6. The minimum absolute atomic E-state index is 0.653. The summed E-state index contributed by atoms with van der Waals surface area (Å²) in [6, 6.07) is 18.4. The fourth-order valence-corrected chi connectivity index (χ4v) is 3.82. The first-order valence-corrected chi connectivity index (χ1v) is 9.02. The average molecular weight is 362 g/mol. The number of fused-ring (bicyclic) bond motifs is 5. The number of aromatic nitrogens is 4. The SMILES string of the molecule is c1cncc(-c2ncc(-n3c4ccccc4c4ccc5ccoc5c43)cn2)c1. The van der Waals surface area contributed by atoms with Crippen LogP contribution in [-0.4, -0.2) is 19.5 Å². The number of para-hydroxylation sites is 1. The van der Waals surface area contributed by atoms with Gasteiger partial charge < -0.3 is 8.98 Å². The number of nitrogens with zero attached hydrogens (tertiary/aromatic N) is 4. The molecule has 6 rings (SSSR count). The molecule has 0 bridgehead atoms. The van der Waals surface area contributed by atoms with Crippen molar-refractivity contribution in [3.63, 3.8) is 0 Å². The summed E-state index contributed by atoms with van der Waals surface area (Å²) < 4.78 is 8.02. The number of rotatable bonds is 2. The van der Waals surface area contributed by atoms with E-state index in [2.05, 4.69) is 49.9 Å². The summed E-state index contributed by atoms with van der Waals surface area (Å²) >= 11 is 0. The zero-order chi connectivity index (χ0) is 18.5. The van der Waals surface area contributed by atoms with Gasteiger partial charge in [0, 0.05) is 34.1 Å². The van der Waals surface area contributed by atoms with E-state index in [9.17, 15) is 0 Å². The van der Waals surface area contributed by atoms with Crippen molar-refractivity contribution in [2.24, 2.45) is 0 Å². The van der Waals surface area contributed by atoms with Crippen LogP contribution in [0.1, 0.15) is 0 Å². The van der Waals surface area contributed by atoms with Crippen molar-refractivity contribution in [2.75, 3.05) is 0 Å². The molecule has 2 aromatic carbocycles. The quantitative estimate of drug-likeness (QED) is 0.415. The maximum absolute atomic E-state index is 5.85. The minimum Gasteiger partial charge on any atom is -0.462 e. The first-order valence-electron chi connectivity index (χ1n) is 9.02. The Hall–Kier alpha value is -3.99.